The fraction of sp³-hybridized carbons (Fsp3) is 0.200. The van der Waals surface area contributed by atoms with Crippen LogP contribution in [-0.4, -0.2) is 58.2 Å². The molecule has 1 amide bonds. The summed E-state index contributed by atoms with van der Waals surface area (Å²) in [6.07, 6.45) is 1.97. The van der Waals surface area contributed by atoms with E-state index in [2.05, 4.69) is 54.6 Å². The summed E-state index contributed by atoms with van der Waals surface area (Å²) >= 11 is 0. The van der Waals surface area contributed by atoms with E-state index in [4.69, 9.17) is 15.3 Å². The third-order valence-electron chi connectivity index (χ3n) is 10.8. The second-order valence-corrected chi connectivity index (χ2v) is 14.0. The molecule has 7 aromatic rings. The standard InChI is InChI=1S/C45H41N7O3/c1-4-16-40-46-39-29-30-50(31(2)53)44(3,43(54)55)41(39)51(40)36-27-25-32(26-28-36)37-23-14-15-24-38(37)42-47-48-49-52(42)45(33-17-8-5-9-18-33,34-19-10-6-11-20-34)35-21-12-7-13-22-35/h5-15,17-28H,4,16,29-30H2,1-3H3,(H,54,55). The van der Waals surface area contributed by atoms with Crippen LogP contribution in [0, 0.1) is 0 Å². The third-order valence-corrected chi connectivity index (χ3v) is 10.8. The van der Waals surface area contributed by atoms with Crippen LogP contribution in [0.5, 0.6) is 0 Å². The molecule has 2 aromatic heterocycles. The summed E-state index contributed by atoms with van der Waals surface area (Å²) < 4.78 is 3.88. The highest BCUT2D eigenvalue weighted by molar-refractivity contribution is 5.88. The van der Waals surface area contributed by atoms with E-state index < -0.39 is 17.0 Å². The van der Waals surface area contributed by atoms with E-state index in [1.165, 1.54) is 11.8 Å². The molecule has 10 nitrogen and oxygen atoms in total. The highest BCUT2D eigenvalue weighted by atomic mass is 16.4. The number of fused-ring (bicyclic) bond motifs is 1. The summed E-state index contributed by atoms with van der Waals surface area (Å²) in [4.78, 5) is 32.2. The van der Waals surface area contributed by atoms with Crippen LogP contribution in [-0.2, 0) is 33.5 Å². The lowest BCUT2D eigenvalue weighted by molar-refractivity contribution is -0.159. The van der Waals surface area contributed by atoms with Gasteiger partial charge >= 0.3 is 5.97 Å². The van der Waals surface area contributed by atoms with E-state index in [-0.39, 0.29) is 5.91 Å². The minimum atomic E-state index is -1.58. The van der Waals surface area contributed by atoms with Crippen LogP contribution in [0.25, 0.3) is 28.2 Å². The number of rotatable bonds is 10. The molecule has 1 N–H and O–H groups in total. The molecule has 0 bridgehead atoms. The monoisotopic (exact) mass is 727 g/mol. The first-order valence-corrected chi connectivity index (χ1v) is 18.6. The molecule has 274 valence electrons. The Morgan fingerprint density at radius 3 is 1.84 bits per heavy atom. The van der Waals surface area contributed by atoms with Crippen LogP contribution in [0.3, 0.4) is 0 Å². The summed E-state index contributed by atoms with van der Waals surface area (Å²) in [5.41, 5.74) is 5.23. The second kappa shape index (κ2) is 14.3. The number of amides is 1. The second-order valence-electron chi connectivity index (χ2n) is 14.0. The summed E-state index contributed by atoms with van der Waals surface area (Å²) in [5.74, 6) is -0.0115. The molecule has 0 spiro atoms. The number of carbonyl (C=O) groups excluding carboxylic acids is 1. The van der Waals surface area contributed by atoms with Gasteiger partial charge in [0.1, 0.15) is 11.4 Å². The number of imidazole rings is 1. The van der Waals surface area contributed by atoms with Gasteiger partial charge in [-0.3, -0.25) is 9.36 Å². The van der Waals surface area contributed by atoms with Gasteiger partial charge in [-0.2, -0.15) is 0 Å². The number of carboxylic acid groups (broad SMARTS) is 1. The van der Waals surface area contributed by atoms with Crippen LogP contribution < -0.4 is 0 Å². The molecule has 0 fully saturated rings. The molecule has 0 radical (unpaired) electrons. The Kier molecular flexibility index (Phi) is 9.18. The van der Waals surface area contributed by atoms with Gasteiger partial charge in [0.05, 0.1) is 11.4 Å². The molecular formula is C45H41N7O3. The first kappa shape index (κ1) is 35.4. The van der Waals surface area contributed by atoms with E-state index in [9.17, 15) is 14.7 Å². The predicted octanol–water partition coefficient (Wildman–Crippen LogP) is 7.69. The number of tetrazole rings is 1. The van der Waals surface area contributed by atoms with Crippen LogP contribution in [0.1, 0.15) is 61.1 Å². The smallest absolute Gasteiger partial charge is 0.335 e. The van der Waals surface area contributed by atoms with Crippen molar-refractivity contribution in [3.8, 4) is 28.2 Å². The van der Waals surface area contributed by atoms with Gasteiger partial charge in [0, 0.05) is 37.6 Å². The van der Waals surface area contributed by atoms with Crippen molar-refractivity contribution in [1.29, 1.82) is 0 Å². The quantitative estimate of drug-likeness (QED) is 0.144. The number of aromatic nitrogens is 6. The molecular weight excluding hydrogens is 687 g/mol. The van der Waals surface area contributed by atoms with Crippen molar-refractivity contribution in [3.05, 3.63) is 173 Å². The van der Waals surface area contributed by atoms with Gasteiger partial charge < -0.3 is 10.0 Å². The van der Waals surface area contributed by atoms with E-state index >= 15 is 0 Å². The van der Waals surface area contributed by atoms with Gasteiger partial charge in [-0.1, -0.05) is 134 Å². The highest BCUT2D eigenvalue weighted by Gasteiger charge is 2.50. The zero-order chi connectivity index (χ0) is 38.2. The van der Waals surface area contributed by atoms with Crippen molar-refractivity contribution in [3.63, 3.8) is 0 Å². The molecule has 1 aliphatic heterocycles. The van der Waals surface area contributed by atoms with Gasteiger partial charge in [-0.25, -0.2) is 14.5 Å². The molecule has 55 heavy (non-hydrogen) atoms. The SMILES string of the molecule is CCCc1nc2c(n1-c1ccc(-c3ccccc3-c3nnnn3C(c3ccccc3)(c3ccccc3)c3ccccc3)cc1)C(C)(C(=O)O)N(C(C)=O)CC2. The van der Waals surface area contributed by atoms with Crippen molar-refractivity contribution in [1.82, 2.24) is 34.7 Å². The van der Waals surface area contributed by atoms with Gasteiger partial charge in [0.2, 0.25) is 5.91 Å². The molecule has 1 atom stereocenters. The van der Waals surface area contributed by atoms with E-state index in [1.807, 2.05) is 106 Å². The normalized spacial score (nSPS) is 15.4. The maximum Gasteiger partial charge on any atom is 0.335 e. The fourth-order valence-corrected chi connectivity index (χ4v) is 8.32. The lowest BCUT2D eigenvalue weighted by Crippen LogP contribution is -2.56. The largest absolute Gasteiger partial charge is 0.479 e. The Hall–Kier alpha value is -6.68. The van der Waals surface area contributed by atoms with Crippen LogP contribution >= 0.6 is 0 Å². The highest BCUT2D eigenvalue weighted by Crippen LogP contribution is 2.44. The molecule has 0 saturated heterocycles. The molecule has 8 rings (SSSR count). The first-order valence-electron chi connectivity index (χ1n) is 18.6. The van der Waals surface area contributed by atoms with Gasteiger partial charge in [-0.15, -0.1) is 5.10 Å². The van der Waals surface area contributed by atoms with Crippen molar-refractivity contribution < 1.29 is 14.7 Å². The van der Waals surface area contributed by atoms with Crippen molar-refractivity contribution in [2.45, 2.75) is 51.1 Å². The number of nitrogens with zero attached hydrogens (tertiary/aromatic N) is 7. The molecule has 3 heterocycles. The number of aryl methyl sites for hydroxylation is 1. The van der Waals surface area contributed by atoms with Crippen molar-refractivity contribution in [2.75, 3.05) is 6.54 Å². The average Bonchev–Trinajstić information content (AvgIpc) is 3.86. The topological polar surface area (TPSA) is 119 Å². The molecule has 1 aliphatic rings. The molecule has 10 heteroatoms. The van der Waals surface area contributed by atoms with E-state index in [0.717, 1.165) is 51.3 Å². The van der Waals surface area contributed by atoms with Crippen LogP contribution in [0.2, 0.25) is 0 Å². The number of aliphatic carboxylic acids is 1. The van der Waals surface area contributed by atoms with Gasteiger partial charge in [0.25, 0.3) is 0 Å². The lowest BCUT2D eigenvalue weighted by atomic mass is 9.77. The minimum Gasteiger partial charge on any atom is -0.479 e. The van der Waals surface area contributed by atoms with Crippen molar-refractivity contribution >= 4 is 11.9 Å². The van der Waals surface area contributed by atoms with E-state index in [0.29, 0.717) is 36.6 Å². The lowest BCUT2D eigenvalue weighted by Gasteiger charge is -2.41. The number of hydrogen-bond donors (Lipinski definition) is 1. The van der Waals surface area contributed by atoms with Crippen LogP contribution in [0.4, 0.5) is 0 Å². The average molecular weight is 728 g/mol. The summed E-state index contributed by atoms with van der Waals surface area (Å²) in [6.45, 7) is 5.40. The number of hydrogen-bond acceptors (Lipinski definition) is 6. The number of benzene rings is 5. The van der Waals surface area contributed by atoms with Crippen LogP contribution in [0.15, 0.2) is 140 Å². The third kappa shape index (κ3) is 5.72. The Labute approximate surface area is 319 Å². The molecule has 1 unspecified atom stereocenters. The van der Waals surface area contributed by atoms with Gasteiger partial charge in [-0.05, 0) is 63.7 Å². The zero-order valence-corrected chi connectivity index (χ0v) is 31.0. The maximum absolute atomic E-state index is 13.0. The Morgan fingerprint density at radius 1 is 0.764 bits per heavy atom. The zero-order valence-electron chi connectivity index (χ0n) is 31.0. The minimum absolute atomic E-state index is 0.287. The molecule has 0 saturated carbocycles. The number of carboxylic acids is 1. The summed E-state index contributed by atoms with van der Waals surface area (Å²) in [5, 5.41) is 24.4. The Bertz CT molecular complexity index is 2380. The fourth-order valence-electron chi connectivity index (χ4n) is 8.32. The Balaban J connectivity index is 1.29. The van der Waals surface area contributed by atoms with E-state index in [1.54, 1.807) is 6.92 Å². The molecule has 5 aromatic carbocycles. The summed E-state index contributed by atoms with van der Waals surface area (Å²) in [6, 6.07) is 47.1. The first-order chi connectivity index (χ1) is 26.8. The van der Waals surface area contributed by atoms with Crippen molar-refractivity contribution in [2.24, 2.45) is 0 Å². The Morgan fingerprint density at radius 2 is 1.31 bits per heavy atom. The summed E-state index contributed by atoms with van der Waals surface area (Å²) in [7, 11) is 0. The molecule has 0 aliphatic carbocycles. The van der Waals surface area contributed by atoms with Gasteiger partial charge in [0.15, 0.2) is 11.4 Å². The predicted molar refractivity (Wildman–Crippen MR) is 210 cm³/mol. The maximum atomic E-state index is 13.0. The number of carbonyl (C=O) groups is 2.